The number of H-pyrrole nitrogens is 1. The third-order valence-corrected chi connectivity index (χ3v) is 4.73. The number of halogens is 1. The number of carbonyl (C=O) groups excluding carboxylic acids is 1. The SMILES string of the molecule is CN(Cc1nc2ccsc2c(=O)[nH]1)C(=O)COc1cccc(Br)c1. The van der Waals surface area contributed by atoms with Crippen molar-refractivity contribution in [1.82, 2.24) is 14.9 Å². The summed E-state index contributed by atoms with van der Waals surface area (Å²) in [6, 6.07) is 9.07. The van der Waals surface area contributed by atoms with E-state index >= 15 is 0 Å². The Kier molecular flexibility index (Phi) is 4.96. The molecule has 1 amide bonds. The molecule has 0 fully saturated rings. The number of carbonyl (C=O) groups is 1. The Morgan fingerprint density at radius 3 is 3.04 bits per heavy atom. The number of nitrogens with one attached hydrogen (secondary N) is 1. The maximum Gasteiger partial charge on any atom is 0.268 e. The Hall–Kier alpha value is -2.19. The smallest absolute Gasteiger partial charge is 0.268 e. The fourth-order valence-corrected chi connectivity index (χ4v) is 3.23. The van der Waals surface area contributed by atoms with Crippen LogP contribution in [0.3, 0.4) is 0 Å². The highest BCUT2D eigenvalue weighted by molar-refractivity contribution is 9.10. The van der Waals surface area contributed by atoms with Gasteiger partial charge in [-0.1, -0.05) is 22.0 Å². The van der Waals surface area contributed by atoms with E-state index in [0.717, 1.165) is 4.47 Å². The van der Waals surface area contributed by atoms with Gasteiger partial charge in [0.2, 0.25) is 0 Å². The van der Waals surface area contributed by atoms with Crippen molar-refractivity contribution < 1.29 is 9.53 Å². The van der Waals surface area contributed by atoms with Gasteiger partial charge in [-0.15, -0.1) is 11.3 Å². The fraction of sp³-hybridized carbons (Fsp3) is 0.188. The third-order valence-electron chi connectivity index (χ3n) is 3.33. The second-order valence-electron chi connectivity index (χ2n) is 5.14. The summed E-state index contributed by atoms with van der Waals surface area (Å²) in [5.41, 5.74) is 0.459. The second kappa shape index (κ2) is 7.14. The van der Waals surface area contributed by atoms with Crippen LogP contribution in [0.5, 0.6) is 5.75 Å². The van der Waals surface area contributed by atoms with Gasteiger partial charge in [0.1, 0.15) is 16.3 Å². The Labute approximate surface area is 150 Å². The minimum absolute atomic E-state index is 0.0854. The standard InChI is InChI=1S/C16H14BrN3O3S/c1-20(14(21)9-23-11-4-2-3-10(17)7-11)8-13-18-12-5-6-24-15(12)16(22)19-13/h2-7H,8-9H2,1H3,(H,18,19,22). The lowest BCUT2D eigenvalue weighted by atomic mass is 10.3. The first-order valence-corrected chi connectivity index (χ1v) is 8.79. The van der Waals surface area contributed by atoms with Crippen LogP contribution in [-0.4, -0.2) is 34.4 Å². The summed E-state index contributed by atoms with van der Waals surface area (Å²) < 4.78 is 6.95. The van der Waals surface area contributed by atoms with E-state index in [2.05, 4.69) is 25.9 Å². The van der Waals surface area contributed by atoms with Gasteiger partial charge >= 0.3 is 0 Å². The van der Waals surface area contributed by atoms with Gasteiger partial charge in [-0.3, -0.25) is 9.59 Å². The van der Waals surface area contributed by atoms with E-state index in [-0.39, 0.29) is 24.6 Å². The monoisotopic (exact) mass is 407 g/mol. The van der Waals surface area contributed by atoms with Gasteiger partial charge in [-0.05, 0) is 29.6 Å². The lowest BCUT2D eigenvalue weighted by Crippen LogP contribution is -2.32. The van der Waals surface area contributed by atoms with Crippen LogP contribution >= 0.6 is 27.3 Å². The number of nitrogens with zero attached hydrogens (tertiary/aromatic N) is 2. The molecule has 1 aromatic carbocycles. The van der Waals surface area contributed by atoms with Crippen LogP contribution in [0.4, 0.5) is 0 Å². The molecule has 2 heterocycles. The number of rotatable bonds is 5. The molecule has 0 unspecified atom stereocenters. The van der Waals surface area contributed by atoms with E-state index in [1.807, 2.05) is 17.5 Å². The number of amides is 1. The van der Waals surface area contributed by atoms with Gasteiger partial charge in [0, 0.05) is 11.5 Å². The van der Waals surface area contributed by atoms with Crippen molar-refractivity contribution in [2.45, 2.75) is 6.54 Å². The molecule has 0 saturated carbocycles. The van der Waals surface area contributed by atoms with Crippen LogP contribution in [0, 0.1) is 0 Å². The van der Waals surface area contributed by atoms with E-state index < -0.39 is 0 Å². The summed E-state index contributed by atoms with van der Waals surface area (Å²) in [5.74, 6) is 0.851. The maximum atomic E-state index is 12.2. The van der Waals surface area contributed by atoms with E-state index in [1.165, 1.54) is 16.2 Å². The Morgan fingerprint density at radius 2 is 2.25 bits per heavy atom. The summed E-state index contributed by atoms with van der Waals surface area (Å²) in [6.45, 7) is 0.125. The average molecular weight is 408 g/mol. The molecule has 0 atom stereocenters. The van der Waals surface area contributed by atoms with Crippen LogP contribution in [0.25, 0.3) is 10.2 Å². The van der Waals surface area contributed by atoms with Gasteiger partial charge in [0.15, 0.2) is 6.61 Å². The van der Waals surface area contributed by atoms with Crippen LogP contribution < -0.4 is 10.3 Å². The van der Waals surface area contributed by atoms with Crippen molar-refractivity contribution in [1.29, 1.82) is 0 Å². The number of likely N-dealkylation sites (N-methyl/N-ethyl adjacent to an activating group) is 1. The minimum Gasteiger partial charge on any atom is -0.484 e. The van der Waals surface area contributed by atoms with Crippen molar-refractivity contribution >= 4 is 43.4 Å². The van der Waals surface area contributed by atoms with Crippen molar-refractivity contribution in [3.05, 3.63) is 56.4 Å². The van der Waals surface area contributed by atoms with Gasteiger partial charge in [-0.25, -0.2) is 4.98 Å². The molecule has 0 aliphatic heterocycles. The first-order chi connectivity index (χ1) is 11.5. The molecule has 3 aromatic rings. The predicted octanol–water partition coefficient (Wildman–Crippen LogP) is 2.78. The normalized spacial score (nSPS) is 10.8. The molecule has 0 bridgehead atoms. The zero-order chi connectivity index (χ0) is 17.1. The zero-order valence-electron chi connectivity index (χ0n) is 12.8. The van der Waals surface area contributed by atoms with E-state index in [4.69, 9.17) is 4.74 Å². The molecule has 0 aliphatic carbocycles. The topological polar surface area (TPSA) is 75.3 Å². The summed E-state index contributed by atoms with van der Waals surface area (Å²) in [7, 11) is 1.64. The number of ether oxygens (including phenoxy) is 1. The lowest BCUT2D eigenvalue weighted by molar-refractivity contribution is -0.132. The van der Waals surface area contributed by atoms with Crippen molar-refractivity contribution in [3.63, 3.8) is 0 Å². The highest BCUT2D eigenvalue weighted by atomic mass is 79.9. The van der Waals surface area contributed by atoms with Gasteiger partial charge in [0.25, 0.3) is 11.5 Å². The highest BCUT2D eigenvalue weighted by Gasteiger charge is 2.13. The maximum absolute atomic E-state index is 12.2. The molecule has 8 heteroatoms. The number of benzene rings is 1. The average Bonchev–Trinajstić information content (AvgIpc) is 3.01. The lowest BCUT2D eigenvalue weighted by Gasteiger charge is -2.17. The van der Waals surface area contributed by atoms with Crippen molar-refractivity contribution in [2.75, 3.05) is 13.7 Å². The molecular weight excluding hydrogens is 394 g/mol. The molecule has 3 rings (SSSR count). The van der Waals surface area contributed by atoms with E-state index in [0.29, 0.717) is 21.8 Å². The number of hydrogen-bond donors (Lipinski definition) is 1. The molecule has 6 nitrogen and oxygen atoms in total. The molecule has 0 spiro atoms. The van der Waals surface area contributed by atoms with Gasteiger partial charge < -0.3 is 14.6 Å². The second-order valence-corrected chi connectivity index (χ2v) is 6.98. The van der Waals surface area contributed by atoms with Gasteiger partial charge in [0.05, 0.1) is 12.1 Å². The van der Waals surface area contributed by atoms with Crippen LogP contribution in [0.1, 0.15) is 5.82 Å². The van der Waals surface area contributed by atoms with E-state index in [1.54, 1.807) is 25.2 Å². The van der Waals surface area contributed by atoms with Crippen LogP contribution in [0.15, 0.2) is 45.0 Å². The number of hydrogen-bond acceptors (Lipinski definition) is 5. The highest BCUT2D eigenvalue weighted by Crippen LogP contribution is 2.18. The summed E-state index contributed by atoms with van der Waals surface area (Å²) in [5, 5.41) is 1.82. The zero-order valence-corrected chi connectivity index (χ0v) is 15.2. The number of aromatic nitrogens is 2. The first-order valence-electron chi connectivity index (χ1n) is 7.11. The van der Waals surface area contributed by atoms with E-state index in [9.17, 15) is 9.59 Å². The molecular formula is C16H14BrN3O3S. The summed E-state index contributed by atoms with van der Waals surface area (Å²) >= 11 is 4.69. The summed E-state index contributed by atoms with van der Waals surface area (Å²) in [6.07, 6.45) is 0. The number of aromatic amines is 1. The third kappa shape index (κ3) is 3.82. The number of thiophene rings is 1. The Bertz CT molecular complexity index is 937. The summed E-state index contributed by atoms with van der Waals surface area (Å²) in [4.78, 5) is 32.6. The van der Waals surface area contributed by atoms with Crippen molar-refractivity contribution in [3.8, 4) is 5.75 Å². The van der Waals surface area contributed by atoms with Crippen LogP contribution in [0.2, 0.25) is 0 Å². The molecule has 2 aromatic heterocycles. The quantitative estimate of drug-likeness (QED) is 0.705. The minimum atomic E-state index is -0.206. The Balaban J connectivity index is 1.63. The molecule has 0 saturated heterocycles. The molecule has 1 N–H and O–H groups in total. The molecule has 124 valence electrons. The van der Waals surface area contributed by atoms with Crippen LogP contribution in [-0.2, 0) is 11.3 Å². The molecule has 0 radical (unpaired) electrons. The molecule has 24 heavy (non-hydrogen) atoms. The fourth-order valence-electron chi connectivity index (χ4n) is 2.12. The largest absolute Gasteiger partial charge is 0.484 e. The first kappa shape index (κ1) is 16.7. The Morgan fingerprint density at radius 1 is 1.42 bits per heavy atom. The molecule has 0 aliphatic rings. The van der Waals surface area contributed by atoms with Crippen molar-refractivity contribution in [2.24, 2.45) is 0 Å². The predicted molar refractivity (Wildman–Crippen MR) is 96.4 cm³/mol. The number of fused-ring (bicyclic) bond motifs is 1. The van der Waals surface area contributed by atoms with Gasteiger partial charge in [-0.2, -0.15) is 0 Å².